The highest BCUT2D eigenvalue weighted by molar-refractivity contribution is 5.01. The van der Waals surface area contributed by atoms with Crippen LogP contribution in [0.3, 0.4) is 0 Å². The molecule has 1 aliphatic heterocycles. The SMILES string of the molecule is CC(O)CCC1(C#N)CCNCC1. The Balaban J connectivity index is 2.44. The first-order valence-electron chi connectivity index (χ1n) is 4.99. The van der Waals surface area contributed by atoms with Crippen molar-refractivity contribution in [2.24, 2.45) is 5.41 Å². The fourth-order valence-electron chi connectivity index (χ4n) is 1.81. The molecule has 0 bridgehead atoms. The van der Waals surface area contributed by atoms with Crippen molar-refractivity contribution in [1.29, 1.82) is 5.26 Å². The van der Waals surface area contributed by atoms with Crippen molar-refractivity contribution in [3.8, 4) is 6.07 Å². The maximum atomic E-state index is 9.17. The molecule has 1 atom stereocenters. The molecule has 0 aromatic rings. The number of aliphatic hydroxyl groups is 1. The van der Waals surface area contributed by atoms with Crippen LogP contribution in [-0.4, -0.2) is 24.3 Å². The van der Waals surface area contributed by atoms with Crippen molar-refractivity contribution >= 4 is 0 Å². The molecule has 1 saturated heterocycles. The summed E-state index contributed by atoms with van der Waals surface area (Å²) in [6, 6.07) is 2.42. The second-order valence-corrected chi connectivity index (χ2v) is 4.03. The van der Waals surface area contributed by atoms with Crippen molar-refractivity contribution in [3.05, 3.63) is 0 Å². The van der Waals surface area contributed by atoms with Crippen LogP contribution in [0.1, 0.15) is 32.6 Å². The number of piperidine rings is 1. The van der Waals surface area contributed by atoms with E-state index in [2.05, 4.69) is 11.4 Å². The summed E-state index contributed by atoms with van der Waals surface area (Å²) in [6.07, 6.45) is 3.16. The Bertz CT molecular complexity index is 190. The Morgan fingerprint density at radius 2 is 2.15 bits per heavy atom. The summed E-state index contributed by atoms with van der Waals surface area (Å²) in [5, 5.41) is 21.5. The lowest BCUT2D eigenvalue weighted by Gasteiger charge is -2.31. The molecule has 1 aliphatic rings. The molecule has 74 valence electrons. The van der Waals surface area contributed by atoms with E-state index in [9.17, 15) is 0 Å². The lowest BCUT2D eigenvalue weighted by molar-refractivity contribution is 0.152. The number of rotatable bonds is 3. The third-order valence-electron chi connectivity index (χ3n) is 2.84. The number of nitrogens with one attached hydrogen (secondary N) is 1. The van der Waals surface area contributed by atoms with Gasteiger partial charge in [-0.25, -0.2) is 0 Å². The fraction of sp³-hybridized carbons (Fsp3) is 0.900. The summed E-state index contributed by atoms with van der Waals surface area (Å²) in [5.41, 5.74) is -0.164. The molecule has 2 N–H and O–H groups in total. The third-order valence-corrected chi connectivity index (χ3v) is 2.84. The quantitative estimate of drug-likeness (QED) is 0.685. The zero-order valence-electron chi connectivity index (χ0n) is 8.21. The van der Waals surface area contributed by atoms with E-state index in [4.69, 9.17) is 10.4 Å². The number of hydrogen-bond donors (Lipinski definition) is 2. The van der Waals surface area contributed by atoms with Crippen LogP contribution in [0.15, 0.2) is 0 Å². The lowest BCUT2D eigenvalue weighted by atomic mass is 9.76. The molecule has 1 heterocycles. The van der Waals surface area contributed by atoms with Gasteiger partial charge in [0.15, 0.2) is 0 Å². The molecule has 0 aromatic carbocycles. The van der Waals surface area contributed by atoms with Gasteiger partial charge in [-0.3, -0.25) is 0 Å². The minimum absolute atomic E-state index is 0.164. The molecule has 0 amide bonds. The average molecular weight is 182 g/mol. The van der Waals surface area contributed by atoms with E-state index in [1.165, 1.54) is 0 Å². The van der Waals surface area contributed by atoms with E-state index in [0.29, 0.717) is 0 Å². The molecule has 3 heteroatoms. The Morgan fingerprint density at radius 3 is 2.62 bits per heavy atom. The van der Waals surface area contributed by atoms with E-state index in [0.717, 1.165) is 38.8 Å². The summed E-state index contributed by atoms with van der Waals surface area (Å²) in [4.78, 5) is 0. The van der Waals surface area contributed by atoms with Gasteiger partial charge in [0.2, 0.25) is 0 Å². The molecular weight excluding hydrogens is 164 g/mol. The minimum atomic E-state index is -0.278. The molecular formula is C10H18N2O. The second-order valence-electron chi connectivity index (χ2n) is 4.03. The summed E-state index contributed by atoms with van der Waals surface area (Å²) >= 11 is 0. The molecule has 1 fully saturated rings. The number of hydrogen-bond acceptors (Lipinski definition) is 3. The maximum absolute atomic E-state index is 9.17. The van der Waals surface area contributed by atoms with Gasteiger partial charge in [0.1, 0.15) is 0 Å². The van der Waals surface area contributed by atoms with Crippen LogP contribution in [0.4, 0.5) is 0 Å². The zero-order valence-corrected chi connectivity index (χ0v) is 8.21. The second kappa shape index (κ2) is 4.59. The van der Waals surface area contributed by atoms with Crippen LogP contribution in [-0.2, 0) is 0 Å². The molecule has 3 nitrogen and oxygen atoms in total. The minimum Gasteiger partial charge on any atom is -0.393 e. The standard InChI is InChI=1S/C10H18N2O/c1-9(13)2-3-10(8-11)4-6-12-7-5-10/h9,12-13H,2-7H2,1H3. The first-order valence-corrected chi connectivity index (χ1v) is 4.99. The third kappa shape index (κ3) is 2.98. The Hall–Kier alpha value is -0.590. The fourth-order valence-corrected chi connectivity index (χ4v) is 1.81. The topological polar surface area (TPSA) is 56.0 Å². The predicted molar refractivity (Wildman–Crippen MR) is 51.1 cm³/mol. The number of nitrogens with zero attached hydrogens (tertiary/aromatic N) is 1. The summed E-state index contributed by atoms with van der Waals surface area (Å²) in [5.74, 6) is 0. The summed E-state index contributed by atoms with van der Waals surface area (Å²) < 4.78 is 0. The normalized spacial score (nSPS) is 23.5. The molecule has 0 radical (unpaired) electrons. The molecule has 13 heavy (non-hydrogen) atoms. The van der Waals surface area contributed by atoms with Gasteiger partial charge in [-0.05, 0) is 45.7 Å². The molecule has 0 aromatic heterocycles. The van der Waals surface area contributed by atoms with E-state index < -0.39 is 0 Å². The average Bonchev–Trinajstić information content (AvgIpc) is 2.16. The van der Waals surface area contributed by atoms with Crippen LogP contribution in [0.5, 0.6) is 0 Å². The highest BCUT2D eigenvalue weighted by Crippen LogP contribution is 2.33. The van der Waals surface area contributed by atoms with Crippen molar-refractivity contribution in [3.63, 3.8) is 0 Å². The Kier molecular flexibility index (Phi) is 3.71. The monoisotopic (exact) mass is 182 g/mol. The Labute approximate surface area is 79.8 Å². The van der Waals surface area contributed by atoms with Gasteiger partial charge in [0, 0.05) is 0 Å². The van der Waals surface area contributed by atoms with E-state index >= 15 is 0 Å². The summed E-state index contributed by atoms with van der Waals surface area (Å²) in [6.45, 7) is 3.66. The van der Waals surface area contributed by atoms with Crippen molar-refractivity contribution in [2.75, 3.05) is 13.1 Å². The van der Waals surface area contributed by atoms with Gasteiger partial charge >= 0.3 is 0 Å². The zero-order chi connectivity index (χ0) is 9.73. The van der Waals surface area contributed by atoms with Crippen LogP contribution in [0.25, 0.3) is 0 Å². The van der Waals surface area contributed by atoms with Gasteiger partial charge in [-0.2, -0.15) is 5.26 Å². The van der Waals surface area contributed by atoms with Gasteiger partial charge < -0.3 is 10.4 Å². The molecule has 0 aliphatic carbocycles. The number of aliphatic hydroxyl groups excluding tert-OH is 1. The molecule has 1 rings (SSSR count). The van der Waals surface area contributed by atoms with Crippen molar-refractivity contribution in [2.45, 2.75) is 38.7 Å². The Morgan fingerprint density at radius 1 is 1.54 bits per heavy atom. The summed E-state index contributed by atoms with van der Waals surface area (Å²) in [7, 11) is 0. The predicted octanol–water partition coefficient (Wildman–Crippen LogP) is 1.04. The highest BCUT2D eigenvalue weighted by Gasteiger charge is 2.31. The van der Waals surface area contributed by atoms with Crippen LogP contribution in [0.2, 0.25) is 0 Å². The first kappa shape index (κ1) is 10.5. The van der Waals surface area contributed by atoms with Gasteiger partial charge in [0.05, 0.1) is 17.6 Å². The van der Waals surface area contributed by atoms with Crippen LogP contribution < -0.4 is 5.32 Å². The van der Waals surface area contributed by atoms with E-state index in [-0.39, 0.29) is 11.5 Å². The first-order chi connectivity index (χ1) is 6.18. The van der Waals surface area contributed by atoms with Gasteiger partial charge in [-0.1, -0.05) is 0 Å². The molecule has 0 saturated carbocycles. The smallest absolute Gasteiger partial charge is 0.0690 e. The van der Waals surface area contributed by atoms with Gasteiger partial charge in [0.25, 0.3) is 0 Å². The van der Waals surface area contributed by atoms with E-state index in [1.54, 1.807) is 6.92 Å². The van der Waals surface area contributed by atoms with Gasteiger partial charge in [-0.15, -0.1) is 0 Å². The van der Waals surface area contributed by atoms with Crippen LogP contribution in [0, 0.1) is 16.7 Å². The van der Waals surface area contributed by atoms with Crippen molar-refractivity contribution in [1.82, 2.24) is 5.32 Å². The largest absolute Gasteiger partial charge is 0.393 e. The lowest BCUT2D eigenvalue weighted by Crippen LogP contribution is -2.36. The molecule has 0 spiro atoms. The van der Waals surface area contributed by atoms with Crippen LogP contribution >= 0.6 is 0 Å². The highest BCUT2D eigenvalue weighted by atomic mass is 16.3. The van der Waals surface area contributed by atoms with Crippen molar-refractivity contribution < 1.29 is 5.11 Å². The number of nitriles is 1. The van der Waals surface area contributed by atoms with E-state index in [1.807, 2.05) is 0 Å². The molecule has 1 unspecified atom stereocenters. The maximum Gasteiger partial charge on any atom is 0.0690 e.